The number of methoxy groups -OCH3 is 1. The van der Waals surface area contributed by atoms with Crippen LogP contribution in [0.4, 0.5) is 4.39 Å². The summed E-state index contributed by atoms with van der Waals surface area (Å²) in [7, 11) is 1.46. The molecule has 1 saturated heterocycles. The molecule has 1 aliphatic rings. The number of nitrogens with zero attached hydrogens (tertiary/aromatic N) is 1. The van der Waals surface area contributed by atoms with Crippen LogP contribution in [-0.4, -0.2) is 55.4 Å². The van der Waals surface area contributed by atoms with E-state index >= 15 is 0 Å². The Balaban J connectivity index is 1.95. The number of hydrogen-bond donors (Lipinski definition) is 2. The maximum Gasteiger partial charge on any atom is 0.246 e. The molecule has 2 atom stereocenters. The zero-order valence-corrected chi connectivity index (χ0v) is 12.1. The van der Waals surface area contributed by atoms with Gasteiger partial charge in [-0.15, -0.1) is 0 Å². The first-order chi connectivity index (χ1) is 10.1. The molecule has 0 unspecified atom stereocenters. The van der Waals surface area contributed by atoms with Gasteiger partial charge in [-0.25, -0.2) is 4.39 Å². The largest absolute Gasteiger partial charge is 0.396 e. The van der Waals surface area contributed by atoms with Crippen LogP contribution in [0.25, 0.3) is 0 Å². The van der Waals surface area contributed by atoms with E-state index in [0.717, 1.165) is 0 Å². The number of carbonyl (C=O) groups is 1. The zero-order chi connectivity index (χ0) is 15.2. The van der Waals surface area contributed by atoms with E-state index in [1.54, 1.807) is 18.2 Å². The van der Waals surface area contributed by atoms with Gasteiger partial charge in [0.25, 0.3) is 0 Å². The first-order valence-electron chi connectivity index (χ1n) is 6.99. The summed E-state index contributed by atoms with van der Waals surface area (Å²) >= 11 is 0. The van der Waals surface area contributed by atoms with Crippen LogP contribution in [-0.2, 0) is 16.1 Å². The summed E-state index contributed by atoms with van der Waals surface area (Å²) < 4.78 is 18.5. The number of carbonyl (C=O) groups excluding carboxylic acids is 1. The number of aliphatic hydroxyl groups is 1. The second-order valence-electron chi connectivity index (χ2n) is 5.34. The summed E-state index contributed by atoms with van der Waals surface area (Å²) in [5.74, 6) is -0.476. The van der Waals surface area contributed by atoms with Gasteiger partial charge in [-0.1, -0.05) is 18.2 Å². The standard InChI is InChI=1S/C15H21FN2O3/c1-21-10-15(20)17-14-8-18(7-12(14)9-19)6-11-4-2-3-5-13(11)16/h2-5,12,14,19H,6-10H2,1H3,(H,17,20)/t12-,14+/m0/s1. The van der Waals surface area contributed by atoms with E-state index in [2.05, 4.69) is 5.32 Å². The summed E-state index contributed by atoms with van der Waals surface area (Å²) in [6.07, 6.45) is 0. The van der Waals surface area contributed by atoms with Crippen LogP contribution in [0.15, 0.2) is 24.3 Å². The van der Waals surface area contributed by atoms with Gasteiger partial charge in [-0.3, -0.25) is 9.69 Å². The number of rotatable bonds is 6. The van der Waals surface area contributed by atoms with Crippen molar-refractivity contribution in [3.05, 3.63) is 35.6 Å². The van der Waals surface area contributed by atoms with Crippen LogP contribution >= 0.6 is 0 Å². The molecule has 0 aliphatic carbocycles. The lowest BCUT2D eigenvalue weighted by Gasteiger charge is -2.18. The Kier molecular flexibility index (Phi) is 5.67. The average Bonchev–Trinajstić information content (AvgIpc) is 2.83. The van der Waals surface area contributed by atoms with E-state index in [0.29, 0.717) is 25.2 Å². The number of halogens is 1. The van der Waals surface area contributed by atoms with E-state index in [4.69, 9.17) is 4.74 Å². The highest BCUT2D eigenvalue weighted by atomic mass is 19.1. The van der Waals surface area contributed by atoms with Crippen molar-refractivity contribution in [3.63, 3.8) is 0 Å². The van der Waals surface area contributed by atoms with E-state index < -0.39 is 0 Å². The number of amides is 1. The van der Waals surface area contributed by atoms with Crippen LogP contribution in [0.1, 0.15) is 5.56 Å². The molecule has 21 heavy (non-hydrogen) atoms. The van der Waals surface area contributed by atoms with Gasteiger partial charge in [0.05, 0.1) is 0 Å². The molecule has 1 fully saturated rings. The third-order valence-corrected chi connectivity index (χ3v) is 3.72. The predicted octanol–water partition coefficient (Wildman–Crippen LogP) is 0.381. The molecule has 0 aromatic heterocycles. The van der Waals surface area contributed by atoms with Crippen molar-refractivity contribution >= 4 is 5.91 Å². The molecule has 0 bridgehead atoms. The van der Waals surface area contributed by atoms with Gasteiger partial charge in [-0.2, -0.15) is 0 Å². The van der Waals surface area contributed by atoms with Crippen molar-refractivity contribution in [2.24, 2.45) is 5.92 Å². The van der Waals surface area contributed by atoms with Gasteiger partial charge in [-0.05, 0) is 6.07 Å². The molecule has 116 valence electrons. The molecule has 0 spiro atoms. The maximum atomic E-state index is 13.7. The molecule has 1 aliphatic heterocycles. The van der Waals surface area contributed by atoms with E-state index in [1.807, 2.05) is 4.90 Å². The predicted molar refractivity (Wildman–Crippen MR) is 76.1 cm³/mol. The lowest BCUT2D eigenvalue weighted by molar-refractivity contribution is -0.125. The lowest BCUT2D eigenvalue weighted by Crippen LogP contribution is -2.43. The van der Waals surface area contributed by atoms with Gasteiger partial charge < -0.3 is 15.2 Å². The summed E-state index contributed by atoms with van der Waals surface area (Å²) in [4.78, 5) is 13.6. The molecular weight excluding hydrogens is 275 g/mol. The summed E-state index contributed by atoms with van der Waals surface area (Å²) in [6, 6.07) is 6.51. The molecule has 1 amide bonds. The van der Waals surface area contributed by atoms with Gasteiger partial charge in [0, 0.05) is 50.9 Å². The lowest BCUT2D eigenvalue weighted by atomic mass is 10.1. The Bertz CT molecular complexity index is 484. The van der Waals surface area contributed by atoms with Crippen LogP contribution in [0.5, 0.6) is 0 Å². The van der Waals surface area contributed by atoms with Crippen molar-refractivity contribution in [1.82, 2.24) is 10.2 Å². The van der Waals surface area contributed by atoms with Crippen molar-refractivity contribution < 1.29 is 19.0 Å². The number of hydrogen-bond acceptors (Lipinski definition) is 4. The van der Waals surface area contributed by atoms with Crippen molar-refractivity contribution in [1.29, 1.82) is 0 Å². The SMILES string of the molecule is COCC(=O)N[C@@H]1CN(Cc2ccccc2F)C[C@H]1CO. The number of nitrogens with one attached hydrogen (secondary N) is 1. The van der Waals surface area contributed by atoms with Crippen molar-refractivity contribution in [2.75, 3.05) is 33.4 Å². The smallest absolute Gasteiger partial charge is 0.246 e. The zero-order valence-electron chi connectivity index (χ0n) is 12.1. The Morgan fingerprint density at radius 2 is 2.24 bits per heavy atom. The fraction of sp³-hybridized carbons (Fsp3) is 0.533. The second kappa shape index (κ2) is 7.49. The number of ether oxygens (including phenoxy) is 1. The van der Waals surface area contributed by atoms with Gasteiger partial charge in [0.15, 0.2) is 0 Å². The van der Waals surface area contributed by atoms with E-state index in [-0.39, 0.29) is 36.9 Å². The summed E-state index contributed by atoms with van der Waals surface area (Å²) in [5.41, 5.74) is 0.623. The normalized spacial score (nSPS) is 22.4. The van der Waals surface area contributed by atoms with Gasteiger partial charge in [0.2, 0.25) is 5.91 Å². The monoisotopic (exact) mass is 296 g/mol. The highest BCUT2D eigenvalue weighted by Gasteiger charge is 2.33. The topological polar surface area (TPSA) is 61.8 Å². The Labute approximate surface area is 123 Å². The minimum atomic E-state index is -0.232. The third kappa shape index (κ3) is 4.23. The highest BCUT2D eigenvalue weighted by molar-refractivity contribution is 5.77. The second-order valence-corrected chi connectivity index (χ2v) is 5.34. The first-order valence-corrected chi connectivity index (χ1v) is 6.99. The van der Waals surface area contributed by atoms with Crippen molar-refractivity contribution in [3.8, 4) is 0 Å². The Morgan fingerprint density at radius 1 is 1.48 bits per heavy atom. The summed E-state index contributed by atoms with van der Waals surface area (Å²) in [6.45, 7) is 1.69. The Morgan fingerprint density at radius 3 is 2.90 bits per heavy atom. The highest BCUT2D eigenvalue weighted by Crippen LogP contribution is 2.20. The van der Waals surface area contributed by atoms with Crippen LogP contribution in [0.3, 0.4) is 0 Å². The van der Waals surface area contributed by atoms with Gasteiger partial charge >= 0.3 is 0 Å². The molecule has 0 saturated carbocycles. The number of benzene rings is 1. The fourth-order valence-electron chi connectivity index (χ4n) is 2.69. The number of likely N-dealkylation sites (tertiary alicyclic amines) is 1. The number of aliphatic hydroxyl groups excluding tert-OH is 1. The molecule has 6 heteroatoms. The van der Waals surface area contributed by atoms with E-state index in [1.165, 1.54) is 13.2 Å². The molecule has 2 N–H and O–H groups in total. The minimum absolute atomic E-state index is 0.00195. The third-order valence-electron chi connectivity index (χ3n) is 3.72. The molecule has 5 nitrogen and oxygen atoms in total. The van der Waals surface area contributed by atoms with Crippen LogP contribution in [0, 0.1) is 11.7 Å². The molecular formula is C15H21FN2O3. The average molecular weight is 296 g/mol. The minimum Gasteiger partial charge on any atom is -0.396 e. The van der Waals surface area contributed by atoms with Gasteiger partial charge in [0.1, 0.15) is 12.4 Å². The molecule has 2 rings (SSSR count). The molecule has 1 aromatic rings. The van der Waals surface area contributed by atoms with Crippen LogP contribution in [0.2, 0.25) is 0 Å². The fourth-order valence-corrected chi connectivity index (χ4v) is 2.69. The molecule has 0 radical (unpaired) electrons. The molecule has 1 heterocycles. The first kappa shape index (κ1) is 15.9. The molecule has 1 aromatic carbocycles. The maximum absolute atomic E-state index is 13.7. The Hall–Kier alpha value is -1.50. The summed E-state index contributed by atoms with van der Waals surface area (Å²) in [5, 5.41) is 12.3. The van der Waals surface area contributed by atoms with E-state index in [9.17, 15) is 14.3 Å². The van der Waals surface area contributed by atoms with Crippen molar-refractivity contribution in [2.45, 2.75) is 12.6 Å². The van der Waals surface area contributed by atoms with Crippen LogP contribution < -0.4 is 5.32 Å². The quantitative estimate of drug-likeness (QED) is 0.797.